The molecule has 4 heteroatoms. The van der Waals surface area contributed by atoms with Crippen molar-refractivity contribution in [1.82, 2.24) is 0 Å². The maximum atomic E-state index is 5.94. The fourth-order valence-electron chi connectivity index (χ4n) is 1.51. The minimum absolute atomic E-state index is 0.522. The lowest BCUT2D eigenvalue weighted by molar-refractivity contribution is 1.31. The van der Waals surface area contributed by atoms with Gasteiger partial charge < -0.3 is 5.73 Å². The normalized spacial score (nSPS) is 11.0. The molecule has 0 radical (unpaired) electrons. The molecule has 14 heavy (non-hydrogen) atoms. The molecule has 0 amide bonds. The van der Waals surface area contributed by atoms with Gasteiger partial charge in [-0.2, -0.15) is 0 Å². The van der Waals surface area contributed by atoms with Gasteiger partial charge in [0, 0.05) is 21.8 Å². The molecule has 1 aromatic heterocycles. The van der Waals surface area contributed by atoms with Crippen LogP contribution in [0.1, 0.15) is 5.56 Å². The minimum Gasteiger partial charge on any atom is -0.398 e. The standard InChI is InChI=1S/C10H10ClNS2/c1-13-9-6(5-11)4-8(12)7-2-3-14-10(7)9/h2-4H,5,12H2,1H3. The van der Waals surface area contributed by atoms with Gasteiger partial charge in [-0.15, -0.1) is 34.7 Å². The zero-order chi connectivity index (χ0) is 10.1. The fraction of sp³-hybridized carbons (Fsp3) is 0.200. The number of halogens is 1. The van der Waals surface area contributed by atoms with Crippen LogP contribution in [0.3, 0.4) is 0 Å². The number of thioether (sulfide) groups is 1. The van der Waals surface area contributed by atoms with Crippen molar-refractivity contribution < 1.29 is 0 Å². The number of anilines is 1. The monoisotopic (exact) mass is 243 g/mol. The van der Waals surface area contributed by atoms with E-state index in [0.717, 1.165) is 16.6 Å². The van der Waals surface area contributed by atoms with E-state index in [1.807, 2.05) is 6.07 Å². The lowest BCUT2D eigenvalue weighted by Gasteiger charge is -2.07. The molecule has 0 aliphatic carbocycles. The maximum Gasteiger partial charge on any atom is 0.0502 e. The van der Waals surface area contributed by atoms with Gasteiger partial charge in [0.1, 0.15) is 0 Å². The molecule has 2 aromatic rings. The van der Waals surface area contributed by atoms with Gasteiger partial charge in [0.25, 0.3) is 0 Å². The number of rotatable bonds is 2. The van der Waals surface area contributed by atoms with Crippen molar-refractivity contribution in [3.63, 3.8) is 0 Å². The van der Waals surface area contributed by atoms with Gasteiger partial charge in [-0.1, -0.05) is 0 Å². The second kappa shape index (κ2) is 4.01. The van der Waals surface area contributed by atoms with Crippen molar-refractivity contribution >= 4 is 50.5 Å². The summed E-state index contributed by atoms with van der Waals surface area (Å²) in [4.78, 5) is 1.26. The van der Waals surface area contributed by atoms with Crippen LogP contribution in [0.5, 0.6) is 0 Å². The Labute approximate surface area is 96.2 Å². The first kappa shape index (κ1) is 10.1. The average Bonchev–Trinajstić information content (AvgIpc) is 2.66. The third kappa shape index (κ3) is 1.49. The van der Waals surface area contributed by atoms with Crippen molar-refractivity contribution in [2.45, 2.75) is 10.8 Å². The molecule has 0 saturated carbocycles. The van der Waals surface area contributed by atoms with Crippen LogP contribution in [0.25, 0.3) is 10.1 Å². The summed E-state index contributed by atoms with van der Waals surface area (Å²) >= 11 is 9.34. The first-order valence-electron chi connectivity index (χ1n) is 4.16. The molecule has 0 fully saturated rings. The highest BCUT2D eigenvalue weighted by molar-refractivity contribution is 7.99. The van der Waals surface area contributed by atoms with E-state index < -0.39 is 0 Å². The van der Waals surface area contributed by atoms with E-state index in [1.165, 1.54) is 9.60 Å². The van der Waals surface area contributed by atoms with Crippen molar-refractivity contribution in [3.8, 4) is 0 Å². The molecule has 74 valence electrons. The Morgan fingerprint density at radius 3 is 3.00 bits per heavy atom. The Balaban J connectivity index is 2.82. The predicted molar refractivity (Wildman–Crippen MR) is 67.6 cm³/mol. The lowest BCUT2D eigenvalue weighted by Crippen LogP contribution is -1.90. The molecule has 0 unspecified atom stereocenters. The number of nitrogens with two attached hydrogens (primary N) is 1. The molecule has 2 rings (SSSR count). The largest absolute Gasteiger partial charge is 0.398 e. The predicted octanol–water partition coefficient (Wildman–Crippen LogP) is 3.94. The fourth-order valence-corrected chi connectivity index (χ4v) is 3.78. The summed E-state index contributed by atoms with van der Waals surface area (Å²) < 4.78 is 1.26. The van der Waals surface area contributed by atoms with Crippen LogP contribution in [0, 0.1) is 0 Å². The summed E-state index contributed by atoms with van der Waals surface area (Å²) in [7, 11) is 0. The Bertz CT molecular complexity index is 464. The number of alkyl halides is 1. The second-order valence-electron chi connectivity index (χ2n) is 2.96. The molecule has 0 aliphatic heterocycles. The summed E-state index contributed by atoms with van der Waals surface area (Å²) in [6.45, 7) is 0. The van der Waals surface area contributed by atoms with Crippen molar-refractivity contribution in [2.24, 2.45) is 0 Å². The van der Waals surface area contributed by atoms with E-state index in [-0.39, 0.29) is 0 Å². The summed E-state index contributed by atoms with van der Waals surface area (Å²) in [6, 6.07) is 4.04. The number of benzene rings is 1. The van der Waals surface area contributed by atoms with Crippen molar-refractivity contribution in [1.29, 1.82) is 0 Å². The maximum absolute atomic E-state index is 5.94. The van der Waals surface area contributed by atoms with E-state index in [1.54, 1.807) is 23.1 Å². The Morgan fingerprint density at radius 2 is 2.36 bits per heavy atom. The van der Waals surface area contributed by atoms with Crippen LogP contribution in [-0.2, 0) is 5.88 Å². The Kier molecular flexibility index (Phi) is 2.91. The van der Waals surface area contributed by atoms with Crippen LogP contribution >= 0.6 is 34.7 Å². The van der Waals surface area contributed by atoms with E-state index in [2.05, 4.69) is 17.7 Å². The van der Waals surface area contributed by atoms with Gasteiger partial charge in [0.2, 0.25) is 0 Å². The van der Waals surface area contributed by atoms with Gasteiger partial charge in [0.05, 0.1) is 4.70 Å². The Morgan fingerprint density at radius 1 is 1.57 bits per heavy atom. The second-order valence-corrected chi connectivity index (χ2v) is 4.96. The minimum atomic E-state index is 0.522. The third-order valence-electron chi connectivity index (χ3n) is 2.15. The molecule has 2 N–H and O–H groups in total. The molecule has 0 atom stereocenters. The van der Waals surface area contributed by atoms with Gasteiger partial charge in [-0.3, -0.25) is 0 Å². The quantitative estimate of drug-likeness (QED) is 0.491. The van der Waals surface area contributed by atoms with Crippen LogP contribution < -0.4 is 5.73 Å². The lowest BCUT2D eigenvalue weighted by atomic mass is 10.1. The highest BCUT2D eigenvalue weighted by atomic mass is 35.5. The van der Waals surface area contributed by atoms with Gasteiger partial charge in [0.15, 0.2) is 0 Å². The average molecular weight is 244 g/mol. The number of thiophene rings is 1. The molecule has 1 nitrogen and oxygen atoms in total. The topological polar surface area (TPSA) is 26.0 Å². The number of nitrogen functional groups attached to an aromatic ring is 1. The molecule has 0 aliphatic rings. The van der Waals surface area contributed by atoms with E-state index in [9.17, 15) is 0 Å². The van der Waals surface area contributed by atoms with Crippen molar-refractivity contribution in [2.75, 3.05) is 12.0 Å². The molecular formula is C10H10ClNS2. The third-order valence-corrected chi connectivity index (χ3v) is 4.38. The van der Waals surface area contributed by atoms with Crippen LogP contribution in [0.2, 0.25) is 0 Å². The molecule has 1 heterocycles. The molecule has 1 aromatic carbocycles. The number of hydrogen-bond acceptors (Lipinski definition) is 3. The Hall–Kier alpha value is -0.380. The van der Waals surface area contributed by atoms with E-state index in [4.69, 9.17) is 17.3 Å². The highest BCUT2D eigenvalue weighted by Crippen LogP contribution is 2.37. The van der Waals surface area contributed by atoms with E-state index >= 15 is 0 Å². The highest BCUT2D eigenvalue weighted by Gasteiger charge is 2.10. The van der Waals surface area contributed by atoms with Gasteiger partial charge in [-0.05, 0) is 29.3 Å². The zero-order valence-corrected chi connectivity index (χ0v) is 10.1. The van der Waals surface area contributed by atoms with Gasteiger partial charge >= 0.3 is 0 Å². The molecular weight excluding hydrogens is 234 g/mol. The zero-order valence-electron chi connectivity index (χ0n) is 7.71. The van der Waals surface area contributed by atoms with Gasteiger partial charge in [-0.25, -0.2) is 0 Å². The molecule has 0 saturated heterocycles. The molecule has 0 bridgehead atoms. The SMILES string of the molecule is CSc1c(CCl)cc(N)c2ccsc12. The van der Waals surface area contributed by atoms with Crippen LogP contribution in [0.15, 0.2) is 22.4 Å². The summed E-state index contributed by atoms with van der Waals surface area (Å²) in [5.41, 5.74) is 7.90. The number of fused-ring (bicyclic) bond motifs is 1. The first-order valence-corrected chi connectivity index (χ1v) is 6.80. The first-order chi connectivity index (χ1) is 6.77. The van der Waals surface area contributed by atoms with Crippen LogP contribution in [0.4, 0.5) is 5.69 Å². The van der Waals surface area contributed by atoms with Crippen LogP contribution in [-0.4, -0.2) is 6.26 Å². The summed E-state index contributed by atoms with van der Waals surface area (Å²) in [5, 5.41) is 3.21. The summed E-state index contributed by atoms with van der Waals surface area (Å²) in [6.07, 6.45) is 2.07. The smallest absolute Gasteiger partial charge is 0.0502 e. The summed E-state index contributed by atoms with van der Waals surface area (Å²) in [5.74, 6) is 0.522. The van der Waals surface area contributed by atoms with Crippen molar-refractivity contribution in [3.05, 3.63) is 23.1 Å². The number of hydrogen-bond donors (Lipinski definition) is 1. The van der Waals surface area contributed by atoms with E-state index in [0.29, 0.717) is 5.88 Å². The molecule has 0 spiro atoms.